The Labute approximate surface area is 106 Å². The number of anilines is 1. The first-order valence-corrected chi connectivity index (χ1v) is 6.06. The summed E-state index contributed by atoms with van der Waals surface area (Å²) in [7, 11) is 0. The van der Waals surface area contributed by atoms with Gasteiger partial charge in [-0.2, -0.15) is 0 Å². The van der Waals surface area contributed by atoms with Gasteiger partial charge in [0.25, 0.3) is 0 Å². The number of halogens is 2. The van der Waals surface area contributed by atoms with E-state index in [0.29, 0.717) is 22.2 Å². The van der Waals surface area contributed by atoms with Crippen molar-refractivity contribution in [1.29, 1.82) is 0 Å². The van der Waals surface area contributed by atoms with Gasteiger partial charge < -0.3 is 10.0 Å². The molecule has 0 saturated carbocycles. The molecule has 0 bridgehead atoms. The van der Waals surface area contributed by atoms with E-state index in [2.05, 4.69) is 0 Å². The zero-order valence-corrected chi connectivity index (χ0v) is 10.6. The van der Waals surface area contributed by atoms with Crippen LogP contribution in [0.1, 0.15) is 6.42 Å². The number of rotatable bonds is 2. The van der Waals surface area contributed by atoms with Crippen molar-refractivity contribution in [2.75, 3.05) is 18.1 Å². The first-order valence-electron chi connectivity index (χ1n) is 4.98. The Hall–Kier alpha value is -0.690. The second-order valence-corrected chi connectivity index (χ2v) is 5.02. The molecule has 0 unspecified atom stereocenters. The van der Waals surface area contributed by atoms with Gasteiger partial charge in [-0.1, -0.05) is 0 Å². The normalized spacial score (nSPS) is 20.6. The van der Waals surface area contributed by atoms with E-state index in [0.717, 1.165) is 0 Å². The highest BCUT2D eigenvalue weighted by Crippen LogP contribution is 2.26. The van der Waals surface area contributed by atoms with E-state index in [1.807, 2.05) is 22.6 Å². The molecule has 0 aromatic heterocycles. The molecule has 1 aliphatic rings. The quantitative estimate of drug-likeness (QED) is 0.837. The van der Waals surface area contributed by atoms with Crippen LogP contribution in [-0.4, -0.2) is 24.2 Å². The fourth-order valence-corrected chi connectivity index (χ4v) is 2.14. The highest BCUT2D eigenvalue weighted by atomic mass is 127. The summed E-state index contributed by atoms with van der Waals surface area (Å²) in [5, 5.41) is 8.99. The van der Waals surface area contributed by atoms with Crippen LogP contribution >= 0.6 is 22.6 Å². The molecule has 1 aliphatic heterocycles. The maximum absolute atomic E-state index is 13.3. The van der Waals surface area contributed by atoms with E-state index >= 15 is 0 Å². The van der Waals surface area contributed by atoms with Gasteiger partial charge in [-0.15, -0.1) is 0 Å². The molecule has 0 spiro atoms. The van der Waals surface area contributed by atoms with Gasteiger partial charge in [-0.25, -0.2) is 4.39 Å². The van der Waals surface area contributed by atoms with E-state index in [-0.39, 0.29) is 24.2 Å². The second kappa shape index (κ2) is 4.67. The average Bonchev–Trinajstić information content (AvgIpc) is 2.64. The average molecular weight is 335 g/mol. The Kier molecular flexibility index (Phi) is 3.44. The van der Waals surface area contributed by atoms with Crippen LogP contribution in [0, 0.1) is 15.3 Å². The third-order valence-electron chi connectivity index (χ3n) is 2.68. The lowest BCUT2D eigenvalue weighted by molar-refractivity contribution is -0.117. The Bertz CT molecular complexity index is 424. The van der Waals surface area contributed by atoms with Crippen LogP contribution in [-0.2, 0) is 4.79 Å². The smallest absolute Gasteiger partial charge is 0.227 e. The minimum Gasteiger partial charge on any atom is -0.396 e. The van der Waals surface area contributed by atoms with Gasteiger partial charge in [0.05, 0.1) is 0 Å². The van der Waals surface area contributed by atoms with Gasteiger partial charge in [0.2, 0.25) is 5.91 Å². The van der Waals surface area contributed by atoms with E-state index in [9.17, 15) is 9.18 Å². The van der Waals surface area contributed by atoms with Crippen molar-refractivity contribution in [3.63, 3.8) is 0 Å². The maximum atomic E-state index is 13.3. The number of hydrogen-bond donors (Lipinski definition) is 1. The molecule has 1 aromatic rings. The van der Waals surface area contributed by atoms with E-state index < -0.39 is 0 Å². The Balaban J connectivity index is 2.24. The van der Waals surface area contributed by atoms with Crippen LogP contribution < -0.4 is 4.90 Å². The number of carbonyl (C=O) groups excluding carboxylic acids is 1. The Morgan fingerprint density at radius 2 is 2.31 bits per heavy atom. The number of aliphatic hydroxyl groups excluding tert-OH is 1. The van der Waals surface area contributed by atoms with Crippen LogP contribution in [0.3, 0.4) is 0 Å². The minimum absolute atomic E-state index is 0.00487. The summed E-state index contributed by atoms with van der Waals surface area (Å²) in [6.07, 6.45) is 0.337. The molecule has 5 heteroatoms. The number of carbonyl (C=O) groups is 1. The Morgan fingerprint density at radius 3 is 2.88 bits per heavy atom. The predicted octanol–water partition coefficient (Wildman–Crippen LogP) is 1.78. The number of benzene rings is 1. The van der Waals surface area contributed by atoms with Crippen LogP contribution in [0.2, 0.25) is 0 Å². The minimum atomic E-state index is -0.321. The molecule has 86 valence electrons. The first kappa shape index (κ1) is 11.8. The summed E-state index contributed by atoms with van der Waals surface area (Å²) in [6.45, 7) is 0.463. The molecular formula is C11H11FINO2. The summed E-state index contributed by atoms with van der Waals surface area (Å²) in [5.74, 6) is -0.409. The molecule has 1 fully saturated rings. The molecule has 1 saturated heterocycles. The van der Waals surface area contributed by atoms with E-state index in [1.54, 1.807) is 12.1 Å². The molecule has 1 N–H and O–H groups in total. The molecule has 0 radical (unpaired) electrons. The van der Waals surface area contributed by atoms with Gasteiger partial charge in [0.1, 0.15) is 5.82 Å². The lowest BCUT2D eigenvalue weighted by Gasteiger charge is -2.16. The summed E-state index contributed by atoms with van der Waals surface area (Å²) >= 11 is 1.90. The van der Waals surface area contributed by atoms with Gasteiger partial charge in [0, 0.05) is 34.7 Å². The van der Waals surface area contributed by atoms with Crippen molar-refractivity contribution in [3.05, 3.63) is 27.6 Å². The molecule has 1 aromatic carbocycles. The van der Waals surface area contributed by atoms with Crippen molar-refractivity contribution < 1.29 is 14.3 Å². The molecule has 0 aliphatic carbocycles. The van der Waals surface area contributed by atoms with Gasteiger partial charge in [-0.3, -0.25) is 4.79 Å². The number of aliphatic hydroxyl groups is 1. The zero-order chi connectivity index (χ0) is 11.7. The summed E-state index contributed by atoms with van der Waals surface area (Å²) < 4.78 is 13.9. The highest BCUT2D eigenvalue weighted by molar-refractivity contribution is 14.1. The molecule has 1 amide bonds. The summed E-state index contributed by atoms with van der Waals surface area (Å²) in [5.41, 5.74) is 0.568. The molecule has 2 rings (SSSR count). The lowest BCUT2D eigenvalue weighted by atomic mass is 10.1. The topological polar surface area (TPSA) is 40.5 Å². The first-order chi connectivity index (χ1) is 7.61. The number of amides is 1. The standard InChI is InChI=1S/C11H11FINO2/c12-9-4-8(1-2-10(9)13)14-5-7(6-15)3-11(14)16/h1-2,4,7,15H,3,5-6H2/t7-/m1/s1. The third-order valence-corrected chi connectivity index (χ3v) is 3.55. The fraction of sp³-hybridized carbons (Fsp3) is 0.364. The predicted molar refractivity (Wildman–Crippen MR) is 66.7 cm³/mol. The van der Waals surface area contributed by atoms with Crippen LogP contribution in [0.4, 0.5) is 10.1 Å². The lowest BCUT2D eigenvalue weighted by Crippen LogP contribution is -2.25. The largest absolute Gasteiger partial charge is 0.396 e. The highest BCUT2D eigenvalue weighted by Gasteiger charge is 2.30. The van der Waals surface area contributed by atoms with E-state index in [1.165, 1.54) is 11.0 Å². The molecule has 1 heterocycles. The number of hydrogen-bond acceptors (Lipinski definition) is 2. The van der Waals surface area contributed by atoms with E-state index in [4.69, 9.17) is 5.11 Å². The van der Waals surface area contributed by atoms with Crippen molar-refractivity contribution in [2.24, 2.45) is 5.92 Å². The SMILES string of the molecule is O=C1C[C@@H](CO)CN1c1ccc(I)c(F)c1. The van der Waals surface area contributed by atoms with Gasteiger partial charge >= 0.3 is 0 Å². The van der Waals surface area contributed by atoms with Crippen molar-refractivity contribution in [2.45, 2.75) is 6.42 Å². The van der Waals surface area contributed by atoms with Crippen molar-refractivity contribution >= 4 is 34.2 Å². The zero-order valence-electron chi connectivity index (χ0n) is 8.49. The van der Waals surface area contributed by atoms with Crippen molar-refractivity contribution in [3.8, 4) is 0 Å². The molecular weight excluding hydrogens is 324 g/mol. The molecule has 1 atom stereocenters. The van der Waals surface area contributed by atoms with Gasteiger partial charge in [0.15, 0.2) is 0 Å². The van der Waals surface area contributed by atoms with Gasteiger partial charge in [-0.05, 0) is 40.8 Å². The summed E-state index contributed by atoms with van der Waals surface area (Å²) in [6, 6.07) is 4.73. The fourth-order valence-electron chi connectivity index (χ4n) is 1.81. The summed E-state index contributed by atoms with van der Waals surface area (Å²) in [4.78, 5) is 13.2. The van der Waals surface area contributed by atoms with Crippen molar-refractivity contribution in [1.82, 2.24) is 0 Å². The monoisotopic (exact) mass is 335 g/mol. The van der Waals surface area contributed by atoms with Crippen LogP contribution in [0.5, 0.6) is 0 Å². The molecule has 16 heavy (non-hydrogen) atoms. The number of nitrogens with zero attached hydrogens (tertiary/aromatic N) is 1. The van der Waals surface area contributed by atoms with Crippen LogP contribution in [0.15, 0.2) is 18.2 Å². The second-order valence-electron chi connectivity index (χ2n) is 3.86. The molecule has 3 nitrogen and oxygen atoms in total. The third kappa shape index (κ3) is 2.20. The Morgan fingerprint density at radius 1 is 1.56 bits per heavy atom. The van der Waals surface area contributed by atoms with Crippen LogP contribution in [0.25, 0.3) is 0 Å². The maximum Gasteiger partial charge on any atom is 0.227 e.